The quantitative estimate of drug-likeness (QED) is 0.720. The molecule has 2 aromatic rings. The van der Waals surface area contributed by atoms with Gasteiger partial charge in [-0.25, -0.2) is 0 Å². The van der Waals surface area contributed by atoms with Crippen LogP contribution < -0.4 is 19.5 Å². The molecule has 150 valence electrons. The number of carbonyl (C=O) groups is 1. The van der Waals surface area contributed by atoms with Gasteiger partial charge in [0.15, 0.2) is 11.5 Å². The van der Waals surface area contributed by atoms with Crippen LogP contribution in [0.15, 0.2) is 42.5 Å². The Kier molecular flexibility index (Phi) is 7.14. The van der Waals surface area contributed by atoms with Crippen molar-refractivity contribution in [1.82, 2.24) is 10.2 Å². The minimum atomic E-state index is -0.157. The van der Waals surface area contributed by atoms with Crippen molar-refractivity contribution in [2.24, 2.45) is 0 Å². The van der Waals surface area contributed by atoms with Crippen LogP contribution in [-0.4, -0.2) is 50.3 Å². The Hall–Kier alpha value is -2.73. The molecule has 1 aliphatic heterocycles. The van der Waals surface area contributed by atoms with E-state index < -0.39 is 0 Å². The second kappa shape index (κ2) is 9.99. The highest BCUT2D eigenvalue weighted by atomic mass is 16.6. The predicted octanol–water partition coefficient (Wildman–Crippen LogP) is 3.11. The van der Waals surface area contributed by atoms with Crippen LogP contribution in [0.3, 0.4) is 0 Å². The molecule has 0 unspecified atom stereocenters. The largest absolute Gasteiger partial charge is 0.492 e. The number of para-hydroxylation sites is 1. The molecule has 2 aromatic carbocycles. The van der Waals surface area contributed by atoms with Crippen molar-refractivity contribution in [2.75, 3.05) is 39.5 Å². The first-order chi connectivity index (χ1) is 13.7. The molecule has 0 aromatic heterocycles. The highest BCUT2D eigenvalue weighted by molar-refractivity contribution is 5.94. The summed E-state index contributed by atoms with van der Waals surface area (Å²) < 4.78 is 17.0. The van der Waals surface area contributed by atoms with E-state index in [1.807, 2.05) is 24.3 Å². The van der Waals surface area contributed by atoms with E-state index in [0.29, 0.717) is 43.4 Å². The van der Waals surface area contributed by atoms with E-state index >= 15 is 0 Å². The number of hydrogen-bond acceptors (Lipinski definition) is 5. The van der Waals surface area contributed by atoms with E-state index in [0.717, 1.165) is 30.9 Å². The summed E-state index contributed by atoms with van der Waals surface area (Å²) >= 11 is 0. The molecule has 1 aliphatic rings. The third-order valence-electron chi connectivity index (χ3n) is 4.78. The fraction of sp³-hybridized carbons (Fsp3) is 0.409. The summed E-state index contributed by atoms with van der Waals surface area (Å²) in [4.78, 5) is 14.9. The zero-order valence-corrected chi connectivity index (χ0v) is 16.6. The monoisotopic (exact) mass is 384 g/mol. The van der Waals surface area contributed by atoms with Crippen LogP contribution in [0.4, 0.5) is 0 Å². The number of ether oxygens (including phenoxy) is 3. The highest BCUT2D eigenvalue weighted by Crippen LogP contribution is 2.30. The number of carbonyl (C=O) groups excluding carboxylic acids is 1. The van der Waals surface area contributed by atoms with Gasteiger partial charge >= 0.3 is 0 Å². The van der Waals surface area contributed by atoms with Crippen molar-refractivity contribution in [3.05, 3.63) is 53.6 Å². The zero-order valence-electron chi connectivity index (χ0n) is 16.6. The predicted molar refractivity (Wildman–Crippen MR) is 108 cm³/mol. The Morgan fingerprint density at radius 3 is 2.61 bits per heavy atom. The Bertz CT molecular complexity index is 790. The van der Waals surface area contributed by atoms with Crippen molar-refractivity contribution in [3.8, 4) is 17.2 Å². The molecule has 0 spiro atoms. The van der Waals surface area contributed by atoms with Gasteiger partial charge in [-0.05, 0) is 37.4 Å². The second-order valence-corrected chi connectivity index (χ2v) is 6.52. The van der Waals surface area contributed by atoms with Crippen LogP contribution in [0.5, 0.6) is 17.2 Å². The van der Waals surface area contributed by atoms with Gasteiger partial charge in [0.1, 0.15) is 25.6 Å². The van der Waals surface area contributed by atoms with Gasteiger partial charge in [0.25, 0.3) is 5.91 Å². The lowest BCUT2D eigenvalue weighted by atomic mass is 10.1. The van der Waals surface area contributed by atoms with Crippen molar-refractivity contribution in [2.45, 2.75) is 20.4 Å². The van der Waals surface area contributed by atoms with Crippen molar-refractivity contribution >= 4 is 5.91 Å². The average Bonchev–Trinajstić information content (AvgIpc) is 2.75. The summed E-state index contributed by atoms with van der Waals surface area (Å²) in [5.41, 5.74) is 1.50. The highest BCUT2D eigenvalue weighted by Gasteiger charge is 2.15. The molecule has 1 heterocycles. The number of likely N-dealkylation sites (N-methyl/N-ethyl adjacent to an activating group) is 1. The molecule has 3 rings (SSSR count). The number of hydrogen-bond donors (Lipinski definition) is 1. The second-order valence-electron chi connectivity index (χ2n) is 6.52. The Labute approximate surface area is 166 Å². The number of benzene rings is 2. The molecule has 6 heteroatoms. The van der Waals surface area contributed by atoms with Gasteiger partial charge < -0.3 is 24.4 Å². The fourth-order valence-electron chi connectivity index (χ4n) is 3.08. The van der Waals surface area contributed by atoms with Gasteiger partial charge in [0.05, 0.1) is 0 Å². The summed E-state index contributed by atoms with van der Waals surface area (Å²) in [6, 6.07) is 13.0. The van der Waals surface area contributed by atoms with Gasteiger partial charge in [0, 0.05) is 24.2 Å². The minimum absolute atomic E-state index is 0.157. The molecule has 0 radical (unpaired) electrons. The number of amides is 1. The lowest BCUT2D eigenvalue weighted by Crippen LogP contribution is -2.28. The topological polar surface area (TPSA) is 60.0 Å². The van der Waals surface area contributed by atoms with Gasteiger partial charge in [-0.2, -0.15) is 0 Å². The summed E-state index contributed by atoms with van der Waals surface area (Å²) in [5.74, 6) is 1.93. The number of rotatable bonds is 9. The average molecular weight is 384 g/mol. The zero-order chi connectivity index (χ0) is 19.8. The maximum absolute atomic E-state index is 12.5. The van der Waals surface area contributed by atoms with E-state index in [9.17, 15) is 4.79 Å². The lowest BCUT2D eigenvalue weighted by Gasteiger charge is -2.19. The van der Waals surface area contributed by atoms with Crippen LogP contribution >= 0.6 is 0 Å². The molecule has 1 N–H and O–H groups in total. The SMILES string of the molecule is CCN(CC)CCOc1ccccc1CNC(=O)c1ccc2c(c1)OCCO2. The third kappa shape index (κ3) is 5.16. The van der Waals surface area contributed by atoms with Crippen molar-refractivity contribution < 1.29 is 19.0 Å². The van der Waals surface area contributed by atoms with E-state index in [4.69, 9.17) is 14.2 Å². The first-order valence-corrected chi connectivity index (χ1v) is 9.82. The lowest BCUT2D eigenvalue weighted by molar-refractivity contribution is 0.0949. The molecule has 0 saturated heterocycles. The molecule has 0 bridgehead atoms. The molecule has 0 atom stereocenters. The van der Waals surface area contributed by atoms with E-state index in [1.54, 1.807) is 18.2 Å². The van der Waals surface area contributed by atoms with Gasteiger partial charge in [-0.15, -0.1) is 0 Å². The number of nitrogens with zero attached hydrogens (tertiary/aromatic N) is 1. The van der Waals surface area contributed by atoms with Crippen LogP contribution in [0.1, 0.15) is 29.8 Å². The normalized spacial score (nSPS) is 12.7. The molecule has 0 saturated carbocycles. The Morgan fingerprint density at radius 2 is 1.82 bits per heavy atom. The van der Waals surface area contributed by atoms with Crippen LogP contribution in [-0.2, 0) is 6.54 Å². The molecular weight excluding hydrogens is 356 g/mol. The summed E-state index contributed by atoms with van der Waals surface area (Å²) in [6.45, 7) is 9.23. The molecule has 28 heavy (non-hydrogen) atoms. The van der Waals surface area contributed by atoms with Gasteiger partial charge in [-0.1, -0.05) is 32.0 Å². The van der Waals surface area contributed by atoms with E-state index in [-0.39, 0.29) is 5.91 Å². The molecule has 1 amide bonds. The Morgan fingerprint density at radius 1 is 1.07 bits per heavy atom. The summed E-state index contributed by atoms with van der Waals surface area (Å²) in [7, 11) is 0. The molecular formula is C22H28N2O4. The van der Waals surface area contributed by atoms with Crippen molar-refractivity contribution in [1.29, 1.82) is 0 Å². The first kappa shape index (κ1) is 20.0. The minimum Gasteiger partial charge on any atom is -0.492 e. The van der Waals surface area contributed by atoms with Gasteiger partial charge in [-0.3, -0.25) is 4.79 Å². The van der Waals surface area contributed by atoms with Gasteiger partial charge in [0.2, 0.25) is 0 Å². The fourth-order valence-corrected chi connectivity index (χ4v) is 3.08. The maximum atomic E-state index is 12.5. The summed E-state index contributed by atoms with van der Waals surface area (Å²) in [5, 5.41) is 2.96. The van der Waals surface area contributed by atoms with E-state index in [2.05, 4.69) is 24.1 Å². The summed E-state index contributed by atoms with van der Waals surface area (Å²) in [6.07, 6.45) is 0. The number of fused-ring (bicyclic) bond motifs is 1. The van der Waals surface area contributed by atoms with Crippen LogP contribution in [0.2, 0.25) is 0 Å². The standard InChI is InChI=1S/C22H28N2O4/c1-3-24(4-2)11-12-26-19-8-6-5-7-18(19)16-23-22(25)17-9-10-20-21(15-17)28-14-13-27-20/h5-10,15H,3-4,11-14,16H2,1-2H3,(H,23,25). The number of nitrogens with one attached hydrogen (secondary N) is 1. The first-order valence-electron chi connectivity index (χ1n) is 9.82. The van der Waals surface area contributed by atoms with Crippen LogP contribution in [0.25, 0.3) is 0 Å². The molecule has 0 aliphatic carbocycles. The van der Waals surface area contributed by atoms with E-state index in [1.165, 1.54) is 0 Å². The smallest absolute Gasteiger partial charge is 0.251 e. The molecule has 0 fully saturated rings. The third-order valence-corrected chi connectivity index (χ3v) is 4.78. The molecule has 6 nitrogen and oxygen atoms in total. The van der Waals surface area contributed by atoms with Crippen LogP contribution in [0, 0.1) is 0 Å². The maximum Gasteiger partial charge on any atom is 0.251 e. The Balaban J connectivity index is 1.57. The van der Waals surface area contributed by atoms with Crippen molar-refractivity contribution in [3.63, 3.8) is 0 Å².